The standard InChI is InChI=1S/C18H23FO/c1-5-7-16(18(3,4)6-2)14-9-8-13-10-11-17(20-19)15(13)12-14/h5-6,8-9,12,16-17H,1-2,7,10-11H2,3-4H3. The van der Waals surface area contributed by atoms with E-state index in [1.165, 1.54) is 11.1 Å². The van der Waals surface area contributed by atoms with Crippen molar-refractivity contribution in [3.8, 4) is 0 Å². The number of halogens is 1. The van der Waals surface area contributed by atoms with E-state index in [9.17, 15) is 4.53 Å². The second-order valence-corrected chi connectivity index (χ2v) is 6.18. The zero-order chi connectivity index (χ0) is 14.8. The number of allylic oxidation sites excluding steroid dienone is 2. The molecule has 1 aromatic carbocycles. The Kier molecular flexibility index (Phi) is 4.44. The van der Waals surface area contributed by atoms with E-state index in [0.717, 1.165) is 24.8 Å². The monoisotopic (exact) mass is 274 g/mol. The summed E-state index contributed by atoms with van der Waals surface area (Å²) in [5, 5.41) is 0. The van der Waals surface area contributed by atoms with Crippen LogP contribution in [0.5, 0.6) is 0 Å². The van der Waals surface area contributed by atoms with Gasteiger partial charge in [0.1, 0.15) is 6.10 Å². The van der Waals surface area contributed by atoms with Crippen LogP contribution in [-0.4, -0.2) is 0 Å². The van der Waals surface area contributed by atoms with E-state index in [1.807, 2.05) is 12.2 Å². The second kappa shape index (κ2) is 5.92. The van der Waals surface area contributed by atoms with E-state index in [-0.39, 0.29) is 5.41 Å². The van der Waals surface area contributed by atoms with Crippen LogP contribution in [0.1, 0.15) is 55.4 Å². The molecule has 0 aliphatic heterocycles. The van der Waals surface area contributed by atoms with Gasteiger partial charge in [0.2, 0.25) is 0 Å². The molecule has 108 valence electrons. The number of hydrogen-bond acceptors (Lipinski definition) is 1. The molecule has 1 aromatic rings. The van der Waals surface area contributed by atoms with Gasteiger partial charge in [-0.15, -0.1) is 13.2 Å². The summed E-state index contributed by atoms with van der Waals surface area (Å²) in [5.41, 5.74) is 3.37. The van der Waals surface area contributed by atoms with Crippen LogP contribution in [0.15, 0.2) is 43.5 Å². The lowest BCUT2D eigenvalue weighted by Gasteiger charge is -2.31. The Morgan fingerprint density at radius 3 is 2.80 bits per heavy atom. The lowest BCUT2D eigenvalue weighted by atomic mass is 9.73. The van der Waals surface area contributed by atoms with Crippen molar-refractivity contribution < 1.29 is 9.47 Å². The minimum Gasteiger partial charge on any atom is -0.186 e. The first-order valence-electron chi connectivity index (χ1n) is 7.18. The van der Waals surface area contributed by atoms with E-state index in [4.69, 9.17) is 0 Å². The Labute approximate surface area is 121 Å². The number of aryl methyl sites for hydroxylation is 1. The fourth-order valence-corrected chi connectivity index (χ4v) is 3.07. The molecule has 0 bridgehead atoms. The normalized spacial score (nSPS) is 19.4. The number of benzene rings is 1. The molecule has 0 saturated carbocycles. The fraction of sp³-hybridized carbons (Fsp3) is 0.444. The molecule has 2 atom stereocenters. The molecule has 1 aliphatic rings. The highest BCUT2D eigenvalue weighted by Crippen LogP contribution is 2.42. The summed E-state index contributed by atoms with van der Waals surface area (Å²) in [6.07, 6.45) is 6.01. The number of hydrogen-bond donors (Lipinski definition) is 0. The molecule has 0 heterocycles. The first-order valence-corrected chi connectivity index (χ1v) is 7.18. The van der Waals surface area contributed by atoms with Crippen LogP contribution in [0.2, 0.25) is 0 Å². The Morgan fingerprint density at radius 2 is 2.20 bits per heavy atom. The van der Waals surface area contributed by atoms with Crippen LogP contribution in [0, 0.1) is 5.41 Å². The van der Waals surface area contributed by atoms with Crippen molar-refractivity contribution in [1.82, 2.24) is 0 Å². The Bertz CT molecular complexity index is 504. The Morgan fingerprint density at radius 1 is 1.45 bits per heavy atom. The van der Waals surface area contributed by atoms with E-state index >= 15 is 0 Å². The lowest BCUT2D eigenvalue weighted by Crippen LogP contribution is -2.19. The molecule has 2 unspecified atom stereocenters. The molecule has 0 fully saturated rings. The molecule has 0 aromatic heterocycles. The number of fused-ring (bicyclic) bond motifs is 1. The lowest BCUT2D eigenvalue weighted by molar-refractivity contribution is -0.180. The van der Waals surface area contributed by atoms with Gasteiger partial charge in [0.05, 0.1) is 0 Å². The maximum absolute atomic E-state index is 12.6. The van der Waals surface area contributed by atoms with Crippen LogP contribution in [-0.2, 0) is 11.4 Å². The van der Waals surface area contributed by atoms with Gasteiger partial charge in [-0.05, 0) is 51.8 Å². The topological polar surface area (TPSA) is 9.23 Å². The third-order valence-electron chi connectivity index (χ3n) is 4.53. The molecule has 1 aliphatic carbocycles. The smallest absolute Gasteiger partial charge is 0.124 e. The quantitative estimate of drug-likeness (QED) is 0.627. The van der Waals surface area contributed by atoms with Gasteiger partial charge in [0.15, 0.2) is 0 Å². The molecular weight excluding hydrogens is 251 g/mol. The van der Waals surface area contributed by atoms with E-state index in [2.05, 4.69) is 50.1 Å². The average Bonchev–Trinajstić information content (AvgIpc) is 2.86. The van der Waals surface area contributed by atoms with Crippen molar-refractivity contribution in [2.75, 3.05) is 0 Å². The predicted octanol–water partition coefficient (Wildman–Crippen LogP) is 5.45. The van der Waals surface area contributed by atoms with Crippen LogP contribution >= 0.6 is 0 Å². The molecule has 0 N–H and O–H groups in total. The number of rotatable bonds is 6. The summed E-state index contributed by atoms with van der Waals surface area (Å²) in [4.78, 5) is 4.10. The van der Waals surface area contributed by atoms with Crippen LogP contribution in [0.4, 0.5) is 4.53 Å². The third-order valence-corrected chi connectivity index (χ3v) is 4.53. The summed E-state index contributed by atoms with van der Waals surface area (Å²) in [6.45, 7) is 12.1. The van der Waals surface area contributed by atoms with Gasteiger partial charge in [-0.1, -0.05) is 44.2 Å². The maximum atomic E-state index is 12.6. The van der Waals surface area contributed by atoms with Gasteiger partial charge >= 0.3 is 0 Å². The Hall–Kier alpha value is -1.41. The highest BCUT2D eigenvalue weighted by atomic mass is 19.3. The first kappa shape index (κ1) is 15.0. The van der Waals surface area contributed by atoms with Crippen molar-refractivity contribution in [3.05, 3.63) is 60.2 Å². The molecular formula is C18H23FO. The van der Waals surface area contributed by atoms with Crippen molar-refractivity contribution in [2.24, 2.45) is 5.41 Å². The zero-order valence-electron chi connectivity index (χ0n) is 12.4. The molecule has 0 saturated heterocycles. The van der Waals surface area contributed by atoms with Gasteiger partial charge in [0.25, 0.3) is 0 Å². The highest BCUT2D eigenvalue weighted by molar-refractivity contribution is 5.39. The second-order valence-electron chi connectivity index (χ2n) is 6.18. The summed E-state index contributed by atoms with van der Waals surface area (Å²) in [7, 11) is 0. The van der Waals surface area contributed by atoms with E-state index in [1.54, 1.807) is 0 Å². The van der Waals surface area contributed by atoms with Crippen molar-refractivity contribution in [3.63, 3.8) is 0 Å². The van der Waals surface area contributed by atoms with E-state index < -0.39 is 6.10 Å². The van der Waals surface area contributed by atoms with Crippen molar-refractivity contribution in [2.45, 2.75) is 45.1 Å². The maximum Gasteiger partial charge on any atom is 0.124 e. The predicted molar refractivity (Wildman–Crippen MR) is 81.2 cm³/mol. The third kappa shape index (κ3) is 2.71. The molecule has 0 radical (unpaired) electrons. The molecule has 0 amide bonds. The molecule has 20 heavy (non-hydrogen) atoms. The van der Waals surface area contributed by atoms with Crippen LogP contribution in [0.3, 0.4) is 0 Å². The molecule has 2 heteroatoms. The largest absolute Gasteiger partial charge is 0.186 e. The average molecular weight is 274 g/mol. The summed E-state index contributed by atoms with van der Waals surface area (Å²) < 4.78 is 12.6. The summed E-state index contributed by atoms with van der Waals surface area (Å²) >= 11 is 0. The summed E-state index contributed by atoms with van der Waals surface area (Å²) in [5.74, 6) is 0.295. The van der Waals surface area contributed by atoms with Crippen LogP contribution < -0.4 is 0 Å². The van der Waals surface area contributed by atoms with E-state index in [0.29, 0.717) is 5.92 Å². The minimum atomic E-state index is -0.402. The van der Waals surface area contributed by atoms with Crippen molar-refractivity contribution >= 4 is 0 Å². The summed E-state index contributed by atoms with van der Waals surface area (Å²) in [6, 6.07) is 6.36. The van der Waals surface area contributed by atoms with Crippen LogP contribution in [0.25, 0.3) is 0 Å². The minimum absolute atomic E-state index is 0.0346. The van der Waals surface area contributed by atoms with Gasteiger partial charge < -0.3 is 0 Å². The fourth-order valence-electron chi connectivity index (χ4n) is 3.07. The van der Waals surface area contributed by atoms with Gasteiger partial charge in [-0.3, -0.25) is 0 Å². The first-order chi connectivity index (χ1) is 9.53. The molecule has 1 nitrogen and oxygen atoms in total. The molecule has 0 spiro atoms. The Balaban J connectivity index is 2.40. The van der Waals surface area contributed by atoms with Gasteiger partial charge in [-0.2, -0.15) is 4.94 Å². The zero-order valence-corrected chi connectivity index (χ0v) is 12.4. The molecule has 2 rings (SSSR count). The highest BCUT2D eigenvalue weighted by Gasteiger charge is 2.30. The SMILES string of the molecule is C=CCC(c1ccc2c(c1)C(OF)CC2)C(C)(C)C=C. The van der Waals surface area contributed by atoms with Crippen molar-refractivity contribution in [1.29, 1.82) is 0 Å². The van der Waals surface area contributed by atoms with Gasteiger partial charge in [0, 0.05) is 0 Å². The van der Waals surface area contributed by atoms with Gasteiger partial charge in [-0.25, -0.2) is 0 Å².